The first-order valence-electron chi connectivity index (χ1n) is 9.60. The maximum absolute atomic E-state index is 12.5. The maximum Gasteiger partial charge on any atom is 0.261 e. The van der Waals surface area contributed by atoms with E-state index in [1.54, 1.807) is 30.3 Å². The zero-order chi connectivity index (χ0) is 21.6. The van der Waals surface area contributed by atoms with Crippen LogP contribution in [0.1, 0.15) is 35.8 Å². The molecule has 0 aliphatic rings. The largest absolute Gasteiger partial charge is 0.494 e. The molecule has 3 aromatic rings. The Labute approximate surface area is 177 Å². The summed E-state index contributed by atoms with van der Waals surface area (Å²) in [4.78, 5) is 12.6. The van der Waals surface area contributed by atoms with Crippen LogP contribution < -0.4 is 14.8 Å². The monoisotopic (exact) mass is 424 g/mol. The molecule has 7 heteroatoms. The normalized spacial score (nSPS) is 12.1. The molecule has 0 fully saturated rings. The summed E-state index contributed by atoms with van der Waals surface area (Å²) in [6.45, 7) is 4.40. The zero-order valence-corrected chi connectivity index (χ0v) is 17.6. The topological polar surface area (TPSA) is 84.5 Å². The van der Waals surface area contributed by atoms with Gasteiger partial charge in [0.15, 0.2) is 0 Å². The fourth-order valence-corrected chi connectivity index (χ4v) is 3.95. The van der Waals surface area contributed by atoms with Crippen LogP contribution in [0.3, 0.4) is 0 Å². The lowest BCUT2D eigenvalue weighted by Gasteiger charge is -2.15. The Balaban J connectivity index is 1.65. The van der Waals surface area contributed by atoms with Gasteiger partial charge in [-0.1, -0.05) is 30.3 Å². The molecule has 0 bridgehead atoms. The van der Waals surface area contributed by atoms with E-state index in [1.807, 2.05) is 38.1 Å². The molecule has 3 rings (SSSR count). The van der Waals surface area contributed by atoms with Crippen LogP contribution in [0, 0.1) is 0 Å². The van der Waals surface area contributed by atoms with E-state index in [4.69, 9.17) is 4.74 Å². The van der Waals surface area contributed by atoms with Crippen molar-refractivity contribution in [3.63, 3.8) is 0 Å². The first kappa shape index (κ1) is 21.4. The summed E-state index contributed by atoms with van der Waals surface area (Å²) in [6.07, 6.45) is 0. The molecule has 0 aliphatic carbocycles. The third-order valence-electron chi connectivity index (χ3n) is 4.49. The lowest BCUT2D eigenvalue weighted by atomic mass is 10.1. The van der Waals surface area contributed by atoms with Gasteiger partial charge in [-0.2, -0.15) is 0 Å². The number of nitrogens with one attached hydrogen (secondary N) is 2. The number of para-hydroxylation sites is 1. The number of rotatable bonds is 8. The minimum absolute atomic E-state index is 0.0856. The van der Waals surface area contributed by atoms with Gasteiger partial charge >= 0.3 is 0 Å². The van der Waals surface area contributed by atoms with E-state index in [0.29, 0.717) is 17.9 Å². The van der Waals surface area contributed by atoms with Crippen LogP contribution in [0.15, 0.2) is 83.8 Å². The van der Waals surface area contributed by atoms with Crippen molar-refractivity contribution < 1.29 is 17.9 Å². The highest BCUT2D eigenvalue weighted by molar-refractivity contribution is 7.92. The van der Waals surface area contributed by atoms with Crippen LogP contribution >= 0.6 is 0 Å². The molecule has 0 saturated heterocycles. The molecule has 2 N–H and O–H groups in total. The number of amides is 1. The van der Waals surface area contributed by atoms with Crippen LogP contribution in [-0.4, -0.2) is 20.9 Å². The zero-order valence-electron chi connectivity index (χ0n) is 16.8. The van der Waals surface area contributed by atoms with E-state index in [0.717, 1.165) is 11.3 Å². The number of benzene rings is 3. The Bertz CT molecular complexity index is 1080. The smallest absolute Gasteiger partial charge is 0.261 e. The van der Waals surface area contributed by atoms with Crippen molar-refractivity contribution in [2.45, 2.75) is 24.8 Å². The first-order valence-corrected chi connectivity index (χ1v) is 11.1. The second-order valence-corrected chi connectivity index (χ2v) is 8.38. The summed E-state index contributed by atoms with van der Waals surface area (Å²) >= 11 is 0. The summed E-state index contributed by atoms with van der Waals surface area (Å²) in [6, 6.07) is 21.8. The number of carbonyl (C=O) groups is 1. The van der Waals surface area contributed by atoms with E-state index in [1.165, 1.54) is 24.3 Å². The van der Waals surface area contributed by atoms with Crippen molar-refractivity contribution >= 4 is 21.6 Å². The Morgan fingerprint density at radius 2 is 1.57 bits per heavy atom. The lowest BCUT2D eigenvalue weighted by molar-refractivity contribution is 0.0940. The Hall–Kier alpha value is -3.32. The number of anilines is 1. The first-order chi connectivity index (χ1) is 14.4. The molecular formula is C23H24N2O4S. The highest BCUT2D eigenvalue weighted by Crippen LogP contribution is 2.19. The molecule has 156 valence electrons. The van der Waals surface area contributed by atoms with Crippen molar-refractivity contribution in [1.82, 2.24) is 5.32 Å². The van der Waals surface area contributed by atoms with Gasteiger partial charge in [0.1, 0.15) is 5.75 Å². The van der Waals surface area contributed by atoms with Crippen LogP contribution in [0.2, 0.25) is 0 Å². The van der Waals surface area contributed by atoms with E-state index >= 15 is 0 Å². The third-order valence-corrected chi connectivity index (χ3v) is 5.89. The van der Waals surface area contributed by atoms with Crippen molar-refractivity contribution in [3.05, 3.63) is 90.0 Å². The van der Waals surface area contributed by atoms with Crippen molar-refractivity contribution in [2.24, 2.45) is 0 Å². The van der Waals surface area contributed by atoms with Gasteiger partial charge in [-0.05, 0) is 67.9 Å². The molecule has 3 aromatic carbocycles. The van der Waals surface area contributed by atoms with Gasteiger partial charge in [-0.3, -0.25) is 9.52 Å². The number of sulfonamides is 1. The Kier molecular flexibility index (Phi) is 6.74. The average Bonchev–Trinajstić information content (AvgIpc) is 2.75. The summed E-state index contributed by atoms with van der Waals surface area (Å²) in [7, 11) is -3.72. The Morgan fingerprint density at radius 1 is 0.933 bits per heavy atom. The molecule has 30 heavy (non-hydrogen) atoms. The second-order valence-electron chi connectivity index (χ2n) is 6.69. The number of hydrogen-bond donors (Lipinski definition) is 2. The molecule has 1 unspecified atom stereocenters. The number of ether oxygens (including phenoxy) is 1. The van der Waals surface area contributed by atoms with Crippen LogP contribution in [0.5, 0.6) is 5.75 Å². The maximum atomic E-state index is 12.5. The van der Waals surface area contributed by atoms with E-state index in [9.17, 15) is 13.2 Å². The molecule has 0 saturated carbocycles. The molecule has 0 aromatic heterocycles. The minimum Gasteiger partial charge on any atom is -0.494 e. The average molecular weight is 425 g/mol. The van der Waals surface area contributed by atoms with Crippen LogP contribution in [-0.2, 0) is 10.0 Å². The van der Waals surface area contributed by atoms with Gasteiger partial charge in [-0.15, -0.1) is 0 Å². The van der Waals surface area contributed by atoms with Gasteiger partial charge < -0.3 is 10.1 Å². The number of carbonyl (C=O) groups excluding carboxylic acids is 1. The van der Waals surface area contributed by atoms with Gasteiger partial charge in [0.25, 0.3) is 15.9 Å². The quantitative estimate of drug-likeness (QED) is 0.562. The van der Waals surface area contributed by atoms with Gasteiger partial charge in [0, 0.05) is 11.3 Å². The molecule has 0 heterocycles. The van der Waals surface area contributed by atoms with Crippen molar-refractivity contribution in [3.8, 4) is 5.75 Å². The second kappa shape index (κ2) is 9.45. The molecule has 0 aliphatic heterocycles. The summed E-state index contributed by atoms with van der Waals surface area (Å²) < 4.78 is 32.9. The minimum atomic E-state index is -3.72. The fraction of sp³-hybridized carbons (Fsp3) is 0.174. The summed E-state index contributed by atoms with van der Waals surface area (Å²) in [5, 5.41) is 2.92. The van der Waals surface area contributed by atoms with Gasteiger partial charge in [0.05, 0.1) is 17.5 Å². The van der Waals surface area contributed by atoms with E-state index in [-0.39, 0.29) is 16.8 Å². The lowest BCUT2D eigenvalue weighted by Crippen LogP contribution is -2.26. The predicted molar refractivity (Wildman–Crippen MR) is 117 cm³/mol. The predicted octanol–water partition coefficient (Wildman–Crippen LogP) is 4.38. The summed E-state index contributed by atoms with van der Waals surface area (Å²) in [5.41, 5.74) is 1.80. The van der Waals surface area contributed by atoms with Gasteiger partial charge in [-0.25, -0.2) is 8.42 Å². The fourth-order valence-electron chi connectivity index (χ4n) is 2.89. The van der Waals surface area contributed by atoms with E-state index < -0.39 is 10.0 Å². The Morgan fingerprint density at radius 3 is 2.17 bits per heavy atom. The highest BCUT2D eigenvalue weighted by atomic mass is 32.2. The molecule has 0 spiro atoms. The number of hydrogen-bond acceptors (Lipinski definition) is 4. The molecule has 6 nitrogen and oxygen atoms in total. The van der Waals surface area contributed by atoms with Crippen LogP contribution in [0.4, 0.5) is 5.69 Å². The van der Waals surface area contributed by atoms with Crippen molar-refractivity contribution in [1.29, 1.82) is 0 Å². The standard InChI is InChI=1S/C23H24N2O4S/c1-3-29-21-13-9-18(10-14-21)17(2)24-23(26)19-11-15-22(16-12-19)30(27,28)25-20-7-5-4-6-8-20/h4-17,25H,3H2,1-2H3,(H,24,26). The van der Waals surface area contributed by atoms with Crippen molar-refractivity contribution in [2.75, 3.05) is 11.3 Å². The highest BCUT2D eigenvalue weighted by Gasteiger charge is 2.16. The van der Waals surface area contributed by atoms with E-state index in [2.05, 4.69) is 10.0 Å². The molecular weight excluding hydrogens is 400 g/mol. The molecule has 0 radical (unpaired) electrons. The third kappa shape index (κ3) is 5.39. The summed E-state index contributed by atoms with van der Waals surface area (Å²) in [5.74, 6) is 0.497. The van der Waals surface area contributed by atoms with Crippen LogP contribution in [0.25, 0.3) is 0 Å². The van der Waals surface area contributed by atoms with Gasteiger partial charge in [0.2, 0.25) is 0 Å². The molecule has 1 atom stereocenters. The SMILES string of the molecule is CCOc1ccc(C(C)NC(=O)c2ccc(S(=O)(=O)Nc3ccccc3)cc2)cc1. The molecule has 1 amide bonds.